The van der Waals surface area contributed by atoms with Crippen molar-refractivity contribution in [3.63, 3.8) is 0 Å². The maximum Gasteiger partial charge on any atom is 0.224 e. The molecule has 1 aliphatic rings. The number of nitrogens with two attached hydrogens (primary N) is 1. The van der Waals surface area contributed by atoms with Crippen LogP contribution in [0.25, 0.3) is 0 Å². The van der Waals surface area contributed by atoms with Gasteiger partial charge in [-0.05, 0) is 31.0 Å². The highest BCUT2D eigenvalue weighted by molar-refractivity contribution is 6.30. The Morgan fingerprint density at radius 2 is 2.26 bits per heavy atom. The first-order valence-electron chi connectivity index (χ1n) is 7.65. The summed E-state index contributed by atoms with van der Waals surface area (Å²) in [6.45, 7) is 1.57. The van der Waals surface area contributed by atoms with E-state index in [2.05, 4.69) is 5.32 Å². The van der Waals surface area contributed by atoms with E-state index in [9.17, 15) is 9.59 Å². The van der Waals surface area contributed by atoms with Crippen molar-refractivity contribution in [3.05, 3.63) is 23.2 Å². The summed E-state index contributed by atoms with van der Waals surface area (Å²) in [5.41, 5.74) is 6.09. The van der Waals surface area contributed by atoms with Gasteiger partial charge in [-0.2, -0.15) is 0 Å². The monoisotopic (exact) mass is 339 g/mol. The largest absolute Gasteiger partial charge is 0.495 e. The number of hydrogen-bond acceptors (Lipinski definition) is 4. The van der Waals surface area contributed by atoms with E-state index >= 15 is 0 Å². The van der Waals surface area contributed by atoms with E-state index in [1.807, 2.05) is 0 Å². The second kappa shape index (κ2) is 8.06. The lowest BCUT2D eigenvalue weighted by Crippen LogP contribution is -2.44. The fourth-order valence-corrected chi connectivity index (χ4v) is 2.89. The maximum atomic E-state index is 12.3. The number of carbonyl (C=O) groups is 2. The molecule has 1 aliphatic heterocycles. The molecular weight excluding hydrogens is 318 g/mol. The first-order chi connectivity index (χ1) is 11.0. The minimum atomic E-state index is -0.329. The number of halogens is 1. The van der Waals surface area contributed by atoms with Crippen molar-refractivity contribution < 1.29 is 14.3 Å². The zero-order chi connectivity index (χ0) is 16.8. The summed E-state index contributed by atoms with van der Waals surface area (Å²) in [7, 11) is 1.58. The highest BCUT2D eigenvalue weighted by atomic mass is 35.5. The topological polar surface area (TPSA) is 84.7 Å². The van der Waals surface area contributed by atoms with Crippen LogP contribution in [0.15, 0.2) is 18.2 Å². The first kappa shape index (κ1) is 17.4. The molecule has 1 atom stereocenters. The number of piperidine rings is 1. The number of likely N-dealkylation sites (tertiary alicyclic amines) is 1. The van der Waals surface area contributed by atoms with Gasteiger partial charge in [0.15, 0.2) is 0 Å². The predicted octanol–water partition coefficient (Wildman–Crippen LogP) is 1.87. The fraction of sp³-hybridized carbons (Fsp3) is 0.500. The average molecular weight is 340 g/mol. The lowest BCUT2D eigenvalue weighted by atomic mass is 9.97. The van der Waals surface area contributed by atoms with Crippen molar-refractivity contribution in [2.75, 3.05) is 32.1 Å². The molecule has 1 heterocycles. The van der Waals surface area contributed by atoms with Gasteiger partial charge in [0.05, 0.1) is 18.7 Å². The van der Waals surface area contributed by atoms with Crippen molar-refractivity contribution in [1.82, 2.24) is 4.90 Å². The van der Waals surface area contributed by atoms with Crippen LogP contribution in [0.1, 0.15) is 19.3 Å². The third-order valence-corrected chi connectivity index (χ3v) is 4.23. The molecule has 0 bridgehead atoms. The molecule has 1 fully saturated rings. The van der Waals surface area contributed by atoms with Gasteiger partial charge < -0.3 is 20.7 Å². The summed E-state index contributed by atoms with van der Waals surface area (Å²) in [5.74, 6) is 0.135. The van der Waals surface area contributed by atoms with Gasteiger partial charge in [0.2, 0.25) is 11.8 Å². The van der Waals surface area contributed by atoms with Crippen LogP contribution < -0.4 is 15.8 Å². The molecular formula is C16H22ClN3O3. The Morgan fingerprint density at radius 1 is 1.48 bits per heavy atom. The average Bonchev–Trinajstić information content (AvgIpc) is 2.55. The fourth-order valence-electron chi connectivity index (χ4n) is 2.72. The summed E-state index contributed by atoms with van der Waals surface area (Å²) >= 11 is 5.97. The molecule has 1 aromatic carbocycles. The van der Waals surface area contributed by atoms with Crippen molar-refractivity contribution in [2.24, 2.45) is 11.7 Å². The Morgan fingerprint density at radius 3 is 2.96 bits per heavy atom. The predicted molar refractivity (Wildman–Crippen MR) is 89.6 cm³/mol. The number of primary amides is 1. The number of ether oxygens (including phenoxy) is 1. The SMILES string of the molecule is COc1ccc(Cl)cc1NCCC(=O)N1CCCC(C(N)=O)C1. The van der Waals surface area contributed by atoms with E-state index in [0.717, 1.165) is 18.5 Å². The number of carbonyl (C=O) groups excluding carboxylic acids is 2. The highest BCUT2D eigenvalue weighted by Gasteiger charge is 2.26. The molecule has 0 radical (unpaired) electrons. The summed E-state index contributed by atoms with van der Waals surface area (Å²) in [5, 5.41) is 3.76. The van der Waals surface area contributed by atoms with E-state index in [1.54, 1.807) is 30.2 Å². The van der Waals surface area contributed by atoms with Gasteiger partial charge in [0, 0.05) is 31.1 Å². The minimum Gasteiger partial charge on any atom is -0.495 e. The second-order valence-corrected chi connectivity index (χ2v) is 6.04. The van der Waals surface area contributed by atoms with Gasteiger partial charge in [-0.3, -0.25) is 9.59 Å². The third kappa shape index (κ3) is 4.76. The van der Waals surface area contributed by atoms with E-state index in [4.69, 9.17) is 22.1 Å². The van der Waals surface area contributed by atoms with Gasteiger partial charge in [-0.25, -0.2) is 0 Å². The molecule has 0 saturated carbocycles. The molecule has 7 heteroatoms. The van der Waals surface area contributed by atoms with Gasteiger partial charge in [-0.15, -0.1) is 0 Å². The molecule has 1 aromatic rings. The lowest BCUT2D eigenvalue weighted by Gasteiger charge is -2.31. The molecule has 6 nitrogen and oxygen atoms in total. The molecule has 0 aliphatic carbocycles. The molecule has 23 heavy (non-hydrogen) atoms. The molecule has 0 spiro atoms. The van der Waals surface area contributed by atoms with E-state index in [-0.39, 0.29) is 17.7 Å². The Bertz CT molecular complexity index is 580. The van der Waals surface area contributed by atoms with Gasteiger partial charge in [0.25, 0.3) is 0 Å². The van der Waals surface area contributed by atoms with Crippen LogP contribution in [-0.2, 0) is 9.59 Å². The molecule has 2 rings (SSSR count). The molecule has 1 unspecified atom stereocenters. The summed E-state index contributed by atoms with van der Waals surface area (Å²) in [6, 6.07) is 5.28. The Kier molecular flexibility index (Phi) is 6.10. The number of nitrogens with zero attached hydrogens (tertiary/aromatic N) is 1. The quantitative estimate of drug-likeness (QED) is 0.828. The standard InChI is InChI=1S/C16H22ClN3O3/c1-23-14-5-4-12(17)9-13(14)19-7-6-15(21)20-8-2-3-11(10-20)16(18)22/h4-5,9,11,19H,2-3,6-8,10H2,1H3,(H2,18,22). The van der Waals surface area contributed by atoms with Crippen molar-refractivity contribution in [3.8, 4) is 5.75 Å². The van der Waals surface area contributed by atoms with Crippen molar-refractivity contribution in [1.29, 1.82) is 0 Å². The van der Waals surface area contributed by atoms with Gasteiger partial charge in [0.1, 0.15) is 5.75 Å². The molecule has 2 amide bonds. The summed E-state index contributed by atoms with van der Waals surface area (Å²) in [4.78, 5) is 25.2. The zero-order valence-electron chi connectivity index (χ0n) is 13.2. The second-order valence-electron chi connectivity index (χ2n) is 5.60. The van der Waals surface area contributed by atoms with Crippen LogP contribution in [-0.4, -0.2) is 43.5 Å². The van der Waals surface area contributed by atoms with Crippen LogP contribution in [0, 0.1) is 5.92 Å². The Balaban J connectivity index is 1.85. The number of methoxy groups -OCH3 is 1. The maximum absolute atomic E-state index is 12.3. The number of amides is 2. The molecule has 1 saturated heterocycles. The zero-order valence-corrected chi connectivity index (χ0v) is 13.9. The number of anilines is 1. The van der Waals surface area contributed by atoms with Crippen LogP contribution in [0.2, 0.25) is 5.02 Å². The number of rotatable bonds is 6. The number of benzene rings is 1. The Labute approximate surface area is 140 Å². The van der Waals surface area contributed by atoms with E-state index in [0.29, 0.717) is 36.8 Å². The van der Waals surface area contributed by atoms with Gasteiger partial charge >= 0.3 is 0 Å². The van der Waals surface area contributed by atoms with Gasteiger partial charge in [-0.1, -0.05) is 11.6 Å². The van der Waals surface area contributed by atoms with E-state index < -0.39 is 0 Å². The third-order valence-electron chi connectivity index (χ3n) is 3.99. The molecule has 0 aromatic heterocycles. The number of nitrogens with one attached hydrogen (secondary N) is 1. The van der Waals surface area contributed by atoms with Crippen molar-refractivity contribution >= 4 is 29.1 Å². The minimum absolute atomic E-state index is 0.0180. The highest BCUT2D eigenvalue weighted by Crippen LogP contribution is 2.27. The summed E-state index contributed by atoms with van der Waals surface area (Å²) < 4.78 is 5.25. The van der Waals surface area contributed by atoms with Crippen LogP contribution in [0.5, 0.6) is 5.75 Å². The van der Waals surface area contributed by atoms with Crippen LogP contribution >= 0.6 is 11.6 Å². The van der Waals surface area contributed by atoms with Crippen LogP contribution in [0.4, 0.5) is 5.69 Å². The van der Waals surface area contributed by atoms with E-state index in [1.165, 1.54) is 0 Å². The first-order valence-corrected chi connectivity index (χ1v) is 8.03. The van der Waals surface area contributed by atoms with Crippen molar-refractivity contribution in [2.45, 2.75) is 19.3 Å². The smallest absolute Gasteiger partial charge is 0.224 e. The molecule has 3 N–H and O–H groups in total. The lowest BCUT2D eigenvalue weighted by molar-refractivity contribution is -0.134. The van der Waals surface area contributed by atoms with Crippen LogP contribution in [0.3, 0.4) is 0 Å². The summed E-state index contributed by atoms with van der Waals surface area (Å²) in [6.07, 6.45) is 1.91. The molecule has 126 valence electrons. The normalized spacial score (nSPS) is 17.7. The number of hydrogen-bond donors (Lipinski definition) is 2. The Hall–Kier alpha value is -1.95.